The molecule has 0 N–H and O–H groups in total. The second kappa shape index (κ2) is 3.31. The first-order chi connectivity index (χ1) is 6.83. The largest absolute Gasteiger partial charge is 0.298 e. The molecule has 0 aliphatic rings. The first-order valence-corrected chi connectivity index (χ1v) is 4.22. The van der Waals surface area contributed by atoms with Gasteiger partial charge in [0.1, 0.15) is 6.29 Å². The van der Waals surface area contributed by atoms with Gasteiger partial charge in [-0.15, -0.1) is 0 Å². The first kappa shape index (κ1) is 8.46. The molecule has 2 nitrogen and oxygen atoms in total. The van der Waals surface area contributed by atoms with Crippen LogP contribution in [0.3, 0.4) is 0 Å². The second-order valence-corrected chi connectivity index (χ2v) is 3.05. The van der Waals surface area contributed by atoms with Crippen LogP contribution in [0.15, 0.2) is 36.4 Å². The van der Waals surface area contributed by atoms with E-state index in [1.165, 1.54) is 0 Å². The van der Waals surface area contributed by atoms with E-state index in [4.69, 9.17) is 5.26 Å². The van der Waals surface area contributed by atoms with Crippen LogP contribution in [-0.4, -0.2) is 6.29 Å². The Balaban J connectivity index is 2.70. The van der Waals surface area contributed by atoms with Crippen molar-refractivity contribution < 1.29 is 4.79 Å². The van der Waals surface area contributed by atoms with Crippen LogP contribution in [0.5, 0.6) is 0 Å². The maximum Gasteiger partial charge on any atom is 0.150 e. The molecule has 0 unspecified atom stereocenters. The molecule has 0 aliphatic carbocycles. The summed E-state index contributed by atoms with van der Waals surface area (Å²) in [5.74, 6) is 0. The molecule has 0 aliphatic heterocycles. The number of hydrogen-bond acceptors (Lipinski definition) is 2. The van der Waals surface area contributed by atoms with Crippen LogP contribution >= 0.6 is 0 Å². The topological polar surface area (TPSA) is 40.9 Å². The fraction of sp³-hybridized carbons (Fsp3) is 0. The van der Waals surface area contributed by atoms with E-state index in [-0.39, 0.29) is 0 Å². The molecule has 0 heterocycles. The molecule has 14 heavy (non-hydrogen) atoms. The summed E-state index contributed by atoms with van der Waals surface area (Å²) >= 11 is 0. The van der Waals surface area contributed by atoms with Gasteiger partial charge < -0.3 is 0 Å². The van der Waals surface area contributed by atoms with Crippen molar-refractivity contribution in [2.45, 2.75) is 0 Å². The number of aldehydes is 1. The number of fused-ring (bicyclic) bond motifs is 1. The summed E-state index contributed by atoms with van der Waals surface area (Å²) in [6, 6.07) is 12.9. The van der Waals surface area contributed by atoms with Crippen molar-refractivity contribution in [3.63, 3.8) is 0 Å². The van der Waals surface area contributed by atoms with E-state index in [9.17, 15) is 4.79 Å². The monoisotopic (exact) mass is 181 g/mol. The number of carbonyl (C=O) groups excluding carboxylic acids is 1. The van der Waals surface area contributed by atoms with Crippen LogP contribution in [0.4, 0.5) is 0 Å². The van der Waals surface area contributed by atoms with Crippen molar-refractivity contribution in [3.8, 4) is 6.07 Å². The highest BCUT2D eigenvalue weighted by atomic mass is 16.1. The molecule has 2 aromatic carbocycles. The van der Waals surface area contributed by atoms with Crippen LogP contribution in [0.25, 0.3) is 10.8 Å². The summed E-state index contributed by atoms with van der Waals surface area (Å²) < 4.78 is 0. The maximum absolute atomic E-state index is 10.5. The first-order valence-electron chi connectivity index (χ1n) is 4.22. The zero-order chi connectivity index (χ0) is 9.97. The maximum atomic E-state index is 10.5. The predicted molar refractivity (Wildman–Crippen MR) is 54.1 cm³/mol. The molecular formula is C12H7NO. The van der Waals surface area contributed by atoms with Gasteiger partial charge in [-0.05, 0) is 29.0 Å². The number of hydrogen-bond donors (Lipinski definition) is 0. The van der Waals surface area contributed by atoms with Gasteiger partial charge in [0.2, 0.25) is 0 Å². The molecule has 66 valence electrons. The third kappa shape index (κ3) is 1.36. The fourth-order valence-corrected chi connectivity index (χ4v) is 1.41. The van der Waals surface area contributed by atoms with E-state index in [0.29, 0.717) is 11.1 Å². The molecular weight excluding hydrogens is 174 g/mol. The van der Waals surface area contributed by atoms with Crippen molar-refractivity contribution in [2.24, 2.45) is 0 Å². The number of nitrogens with zero attached hydrogens (tertiary/aromatic N) is 1. The summed E-state index contributed by atoms with van der Waals surface area (Å²) in [5, 5.41) is 10.7. The van der Waals surface area contributed by atoms with Gasteiger partial charge in [0.15, 0.2) is 0 Å². The van der Waals surface area contributed by atoms with Crippen molar-refractivity contribution >= 4 is 17.1 Å². The fourth-order valence-electron chi connectivity index (χ4n) is 1.41. The van der Waals surface area contributed by atoms with Crippen LogP contribution in [0.2, 0.25) is 0 Å². The van der Waals surface area contributed by atoms with E-state index in [1.54, 1.807) is 12.1 Å². The number of carbonyl (C=O) groups is 1. The van der Waals surface area contributed by atoms with E-state index >= 15 is 0 Å². The van der Waals surface area contributed by atoms with E-state index in [1.807, 2.05) is 24.3 Å². The summed E-state index contributed by atoms with van der Waals surface area (Å²) in [4.78, 5) is 10.5. The molecule has 0 saturated heterocycles. The van der Waals surface area contributed by atoms with Crippen LogP contribution in [0.1, 0.15) is 15.9 Å². The molecule has 0 saturated carbocycles. The minimum absolute atomic E-state index is 0.636. The van der Waals surface area contributed by atoms with Gasteiger partial charge in [0.25, 0.3) is 0 Å². The highest BCUT2D eigenvalue weighted by Crippen LogP contribution is 2.16. The number of nitriles is 1. The minimum Gasteiger partial charge on any atom is -0.298 e. The highest BCUT2D eigenvalue weighted by Gasteiger charge is 1.96. The van der Waals surface area contributed by atoms with Crippen LogP contribution in [-0.2, 0) is 0 Å². The molecule has 0 atom stereocenters. The lowest BCUT2D eigenvalue weighted by molar-refractivity contribution is 0.112. The van der Waals surface area contributed by atoms with Crippen LogP contribution < -0.4 is 0 Å². The normalized spacial score (nSPS) is 9.64. The van der Waals surface area contributed by atoms with Crippen LogP contribution in [0, 0.1) is 11.3 Å². The number of rotatable bonds is 1. The Kier molecular flexibility index (Phi) is 2.00. The Morgan fingerprint density at radius 3 is 2.50 bits per heavy atom. The van der Waals surface area contributed by atoms with Crippen molar-refractivity contribution in [1.29, 1.82) is 5.26 Å². The second-order valence-electron chi connectivity index (χ2n) is 3.05. The third-order valence-electron chi connectivity index (χ3n) is 2.13. The van der Waals surface area contributed by atoms with Gasteiger partial charge in [-0.1, -0.05) is 18.2 Å². The van der Waals surface area contributed by atoms with E-state index < -0.39 is 0 Å². The predicted octanol–water partition coefficient (Wildman–Crippen LogP) is 2.52. The average molecular weight is 181 g/mol. The summed E-state index contributed by atoms with van der Waals surface area (Å²) in [6.07, 6.45) is 0.817. The van der Waals surface area contributed by atoms with E-state index in [0.717, 1.165) is 17.1 Å². The Bertz CT molecular complexity index is 538. The Labute approximate surface area is 81.4 Å². The molecule has 0 aromatic heterocycles. The third-order valence-corrected chi connectivity index (χ3v) is 2.13. The van der Waals surface area contributed by atoms with E-state index in [2.05, 4.69) is 6.07 Å². The molecule has 0 amide bonds. The molecule has 0 spiro atoms. The highest BCUT2D eigenvalue weighted by molar-refractivity contribution is 5.89. The molecule has 0 radical (unpaired) electrons. The van der Waals surface area contributed by atoms with Gasteiger partial charge in [0, 0.05) is 5.56 Å². The Morgan fingerprint density at radius 2 is 1.79 bits per heavy atom. The zero-order valence-electron chi connectivity index (χ0n) is 7.40. The van der Waals surface area contributed by atoms with Gasteiger partial charge >= 0.3 is 0 Å². The lowest BCUT2D eigenvalue weighted by Gasteiger charge is -1.98. The smallest absolute Gasteiger partial charge is 0.150 e. The molecule has 2 heteroatoms. The standard InChI is InChI=1S/C12H7NO/c13-7-9-1-3-12-6-10(8-14)2-4-11(12)5-9/h1-6,8H. The lowest BCUT2D eigenvalue weighted by atomic mass is 10.1. The minimum atomic E-state index is 0.636. The molecule has 0 fully saturated rings. The van der Waals surface area contributed by atoms with Gasteiger partial charge in [0.05, 0.1) is 11.6 Å². The summed E-state index contributed by atoms with van der Waals surface area (Å²) in [7, 11) is 0. The molecule has 2 aromatic rings. The lowest BCUT2D eigenvalue weighted by Crippen LogP contribution is -1.81. The van der Waals surface area contributed by atoms with Crippen molar-refractivity contribution in [2.75, 3.05) is 0 Å². The number of benzene rings is 2. The van der Waals surface area contributed by atoms with Crippen molar-refractivity contribution in [1.82, 2.24) is 0 Å². The zero-order valence-corrected chi connectivity index (χ0v) is 7.40. The summed E-state index contributed by atoms with van der Waals surface area (Å²) in [5.41, 5.74) is 1.29. The Morgan fingerprint density at radius 1 is 1.07 bits per heavy atom. The Hall–Kier alpha value is -2.14. The summed E-state index contributed by atoms with van der Waals surface area (Å²) in [6.45, 7) is 0. The van der Waals surface area contributed by atoms with Gasteiger partial charge in [-0.3, -0.25) is 4.79 Å². The van der Waals surface area contributed by atoms with Gasteiger partial charge in [-0.25, -0.2) is 0 Å². The molecule has 0 bridgehead atoms. The average Bonchev–Trinajstić information content (AvgIpc) is 2.27. The van der Waals surface area contributed by atoms with Crippen molar-refractivity contribution in [3.05, 3.63) is 47.5 Å². The van der Waals surface area contributed by atoms with Gasteiger partial charge in [-0.2, -0.15) is 5.26 Å². The molecule has 2 rings (SSSR count). The SMILES string of the molecule is N#Cc1ccc2cc(C=O)ccc2c1. The quantitative estimate of drug-likeness (QED) is 0.634.